The number of rotatable bonds is 7. The van der Waals surface area contributed by atoms with Gasteiger partial charge in [0.05, 0.1) is 6.61 Å². The van der Waals surface area contributed by atoms with Crippen molar-refractivity contribution in [3.63, 3.8) is 0 Å². The summed E-state index contributed by atoms with van der Waals surface area (Å²) < 4.78 is 5.62. The van der Waals surface area contributed by atoms with Crippen LogP contribution in [0.25, 0.3) is 6.08 Å². The lowest BCUT2D eigenvalue weighted by Gasteiger charge is -2.08. The number of carbonyl (C=O) groups is 1. The van der Waals surface area contributed by atoms with E-state index in [4.69, 9.17) is 4.74 Å². The van der Waals surface area contributed by atoms with Crippen LogP contribution < -0.4 is 10.1 Å². The van der Waals surface area contributed by atoms with E-state index in [0.717, 1.165) is 16.9 Å². The van der Waals surface area contributed by atoms with Crippen LogP contribution in [0, 0.1) is 17.2 Å². The van der Waals surface area contributed by atoms with Crippen molar-refractivity contribution >= 4 is 12.0 Å². The molecule has 0 radical (unpaired) electrons. The fourth-order valence-electron chi connectivity index (χ4n) is 2.11. The molecule has 0 atom stereocenters. The van der Waals surface area contributed by atoms with Gasteiger partial charge < -0.3 is 10.1 Å². The van der Waals surface area contributed by atoms with Gasteiger partial charge in [-0.3, -0.25) is 4.79 Å². The summed E-state index contributed by atoms with van der Waals surface area (Å²) in [6.45, 7) is 5.22. The standard InChI is InChI=1S/C21H22N2O2/c1-16(2)15-25-20-10-8-17(9-11-20)12-19(13-22)21(24)23-14-18-6-4-3-5-7-18/h3-12,16H,14-15H2,1-2H3,(H,23,24)/b19-12-. The second kappa shape index (κ2) is 9.29. The molecule has 0 fully saturated rings. The molecule has 0 aliphatic rings. The summed E-state index contributed by atoms with van der Waals surface area (Å²) in [6, 6.07) is 18.9. The minimum absolute atomic E-state index is 0.0757. The molecule has 0 aromatic heterocycles. The highest BCUT2D eigenvalue weighted by atomic mass is 16.5. The monoisotopic (exact) mass is 334 g/mol. The van der Waals surface area contributed by atoms with Gasteiger partial charge >= 0.3 is 0 Å². The Hall–Kier alpha value is -3.06. The average molecular weight is 334 g/mol. The first-order valence-electron chi connectivity index (χ1n) is 8.25. The van der Waals surface area contributed by atoms with Crippen molar-refractivity contribution in [3.05, 3.63) is 71.3 Å². The van der Waals surface area contributed by atoms with Crippen LogP contribution in [-0.4, -0.2) is 12.5 Å². The molecule has 4 nitrogen and oxygen atoms in total. The summed E-state index contributed by atoms with van der Waals surface area (Å²) >= 11 is 0. The van der Waals surface area contributed by atoms with Crippen molar-refractivity contribution in [2.45, 2.75) is 20.4 Å². The molecule has 4 heteroatoms. The molecule has 1 amide bonds. The summed E-state index contributed by atoms with van der Waals surface area (Å²) in [5, 5.41) is 12.0. The summed E-state index contributed by atoms with van der Waals surface area (Å²) in [6.07, 6.45) is 1.58. The minimum Gasteiger partial charge on any atom is -0.493 e. The molecule has 0 aliphatic carbocycles. The van der Waals surface area contributed by atoms with Crippen LogP contribution in [-0.2, 0) is 11.3 Å². The third kappa shape index (κ3) is 6.15. The van der Waals surface area contributed by atoms with E-state index in [-0.39, 0.29) is 11.5 Å². The molecule has 0 heterocycles. The quantitative estimate of drug-likeness (QED) is 0.616. The molecule has 2 aromatic carbocycles. The van der Waals surface area contributed by atoms with Gasteiger partial charge in [0.2, 0.25) is 0 Å². The van der Waals surface area contributed by atoms with E-state index in [0.29, 0.717) is 19.1 Å². The maximum atomic E-state index is 12.2. The molecule has 1 N–H and O–H groups in total. The predicted molar refractivity (Wildman–Crippen MR) is 98.7 cm³/mol. The van der Waals surface area contributed by atoms with Crippen molar-refractivity contribution in [3.8, 4) is 11.8 Å². The zero-order chi connectivity index (χ0) is 18.1. The molecule has 2 rings (SSSR count). The first kappa shape index (κ1) is 18.3. The molecule has 0 saturated heterocycles. The van der Waals surface area contributed by atoms with Crippen molar-refractivity contribution in [2.24, 2.45) is 5.92 Å². The zero-order valence-electron chi connectivity index (χ0n) is 14.5. The highest BCUT2D eigenvalue weighted by molar-refractivity contribution is 6.01. The smallest absolute Gasteiger partial charge is 0.262 e. The van der Waals surface area contributed by atoms with Crippen molar-refractivity contribution in [1.29, 1.82) is 5.26 Å². The molecule has 128 valence electrons. The Morgan fingerprint density at radius 1 is 1.16 bits per heavy atom. The fourth-order valence-corrected chi connectivity index (χ4v) is 2.11. The number of nitriles is 1. The minimum atomic E-state index is -0.383. The summed E-state index contributed by atoms with van der Waals surface area (Å²) in [5.74, 6) is 0.849. The number of hydrogen-bond donors (Lipinski definition) is 1. The fraction of sp³-hybridized carbons (Fsp3) is 0.238. The first-order chi connectivity index (χ1) is 12.1. The van der Waals surface area contributed by atoms with Crippen LogP contribution in [0.1, 0.15) is 25.0 Å². The number of benzene rings is 2. The van der Waals surface area contributed by atoms with E-state index in [2.05, 4.69) is 19.2 Å². The van der Waals surface area contributed by atoms with E-state index >= 15 is 0 Å². The van der Waals surface area contributed by atoms with Crippen molar-refractivity contribution in [2.75, 3.05) is 6.61 Å². The average Bonchev–Trinajstić information content (AvgIpc) is 2.64. The molecular weight excluding hydrogens is 312 g/mol. The first-order valence-corrected chi connectivity index (χ1v) is 8.25. The van der Waals surface area contributed by atoms with Gasteiger partial charge in [-0.25, -0.2) is 0 Å². The van der Waals surface area contributed by atoms with Gasteiger partial charge in [-0.2, -0.15) is 5.26 Å². The molecule has 0 bridgehead atoms. The zero-order valence-corrected chi connectivity index (χ0v) is 14.5. The summed E-state index contributed by atoms with van der Waals surface area (Å²) in [7, 11) is 0. The second-order valence-corrected chi connectivity index (χ2v) is 6.11. The van der Waals surface area contributed by atoms with Gasteiger partial charge in [0.25, 0.3) is 5.91 Å². The molecule has 0 saturated carbocycles. The molecule has 2 aromatic rings. The summed E-state index contributed by atoms with van der Waals surface area (Å²) in [5.41, 5.74) is 1.84. The topological polar surface area (TPSA) is 62.1 Å². The van der Waals surface area contributed by atoms with Crippen LogP contribution in [0.3, 0.4) is 0 Å². The largest absolute Gasteiger partial charge is 0.493 e. The van der Waals surface area contributed by atoms with Gasteiger partial charge in [-0.15, -0.1) is 0 Å². The van der Waals surface area contributed by atoms with Crippen LogP contribution >= 0.6 is 0 Å². The second-order valence-electron chi connectivity index (χ2n) is 6.11. The number of nitrogens with zero attached hydrogens (tertiary/aromatic N) is 1. The van der Waals surface area contributed by atoms with Gasteiger partial charge in [-0.05, 0) is 35.3 Å². The lowest BCUT2D eigenvalue weighted by atomic mass is 10.1. The molecular formula is C21H22N2O2. The van der Waals surface area contributed by atoms with E-state index < -0.39 is 0 Å². The van der Waals surface area contributed by atoms with E-state index in [1.54, 1.807) is 6.08 Å². The highest BCUT2D eigenvalue weighted by Crippen LogP contribution is 2.15. The number of nitrogens with one attached hydrogen (secondary N) is 1. The predicted octanol–water partition coefficient (Wildman–Crippen LogP) is 3.94. The van der Waals surface area contributed by atoms with Crippen LogP contribution in [0.2, 0.25) is 0 Å². The number of carbonyl (C=O) groups excluding carboxylic acids is 1. The maximum absolute atomic E-state index is 12.2. The Morgan fingerprint density at radius 2 is 1.84 bits per heavy atom. The van der Waals surface area contributed by atoms with Crippen molar-refractivity contribution < 1.29 is 9.53 Å². The van der Waals surface area contributed by atoms with Gasteiger partial charge in [0.15, 0.2) is 0 Å². The Kier molecular flexibility index (Phi) is 6.79. The van der Waals surface area contributed by atoms with E-state index in [1.165, 1.54) is 0 Å². The number of hydrogen-bond acceptors (Lipinski definition) is 3. The van der Waals surface area contributed by atoms with E-state index in [1.807, 2.05) is 60.7 Å². The van der Waals surface area contributed by atoms with Crippen LogP contribution in [0.5, 0.6) is 5.75 Å². The van der Waals surface area contributed by atoms with Gasteiger partial charge in [0.1, 0.15) is 17.4 Å². The number of ether oxygens (including phenoxy) is 1. The molecule has 0 aliphatic heterocycles. The third-order valence-electron chi connectivity index (χ3n) is 3.44. The van der Waals surface area contributed by atoms with Crippen molar-refractivity contribution in [1.82, 2.24) is 5.32 Å². The lowest BCUT2D eigenvalue weighted by Crippen LogP contribution is -2.23. The van der Waals surface area contributed by atoms with Crippen LogP contribution in [0.15, 0.2) is 60.2 Å². The highest BCUT2D eigenvalue weighted by Gasteiger charge is 2.08. The van der Waals surface area contributed by atoms with Crippen LogP contribution in [0.4, 0.5) is 0 Å². The lowest BCUT2D eigenvalue weighted by molar-refractivity contribution is -0.117. The van der Waals surface area contributed by atoms with Gasteiger partial charge in [0, 0.05) is 6.54 Å². The molecule has 0 unspecified atom stereocenters. The maximum Gasteiger partial charge on any atom is 0.262 e. The third-order valence-corrected chi connectivity index (χ3v) is 3.44. The Balaban J connectivity index is 1.98. The van der Waals surface area contributed by atoms with E-state index in [9.17, 15) is 10.1 Å². The SMILES string of the molecule is CC(C)COc1ccc(/C=C(/C#N)C(=O)NCc2ccccc2)cc1. The van der Waals surface area contributed by atoms with Gasteiger partial charge in [-0.1, -0.05) is 56.3 Å². The Morgan fingerprint density at radius 3 is 2.44 bits per heavy atom. The number of amides is 1. The molecule has 25 heavy (non-hydrogen) atoms. The normalized spacial score (nSPS) is 11.0. The Bertz CT molecular complexity index is 757. The summed E-state index contributed by atoms with van der Waals surface area (Å²) in [4.78, 5) is 12.2. The molecule has 0 spiro atoms. The Labute approximate surface area is 148 Å².